The Hall–Kier alpha value is -0.530. The van der Waals surface area contributed by atoms with Gasteiger partial charge in [-0.2, -0.15) is 0 Å². The lowest BCUT2D eigenvalue weighted by molar-refractivity contribution is 0.296. The third kappa shape index (κ3) is 3.79. The zero-order valence-electron chi connectivity index (χ0n) is 8.92. The van der Waals surface area contributed by atoms with Crippen molar-refractivity contribution in [2.75, 3.05) is 6.54 Å². The lowest BCUT2D eigenvalue weighted by Gasteiger charge is -2.24. The summed E-state index contributed by atoms with van der Waals surface area (Å²) in [5, 5.41) is 0. The van der Waals surface area contributed by atoms with E-state index in [-0.39, 0.29) is 0 Å². The smallest absolute Gasteiger partial charge is 0.0934 e. The van der Waals surface area contributed by atoms with Crippen molar-refractivity contribution in [1.29, 1.82) is 0 Å². The number of aliphatic imine (C=N–C) groups is 1. The summed E-state index contributed by atoms with van der Waals surface area (Å²) in [6, 6.07) is 0. The molecule has 2 nitrogen and oxygen atoms in total. The monoisotopic (exact) mass is 182 g/mol. The third-order valence-corrected chi connectivity index (χ3v) is 3.05. The summed E-state index contributed by atoms with van der Waals surface area (Å²) in [5.74, 6) is 2.56. The van der Waals surface area contributed by atoms with Gasteiger partial charge in [-0.1, -0.05) is 26.7 Å². The van der Waals surface area contributed by atoms with Gasteiger partial charge in [-0.05, 0) is 24.7 Å². The first kappa shape index (κ1) is 10.6. The topological polar surface area (TPSA) is 38.4 Å². The SMILES string of the molecule is CCC(N)=NCC1CCC(C)CC1. The van der Waals surface area contributed by atoms with Gasteiger partial charge in [0, 0.05) is 13.0 Å². The summed E-state index contributed by atoms with van der Waals surface area (Å²) in [4.78, 5) is 4.39. The quantitative estimate of drug-likeness (QED) is 0.529. The molecule has 0 aromatic carbocycles. The molecule has 1 fully saturated rings. The standard InChI is InChI=1S/C11H22N2/c1-3-11(12)13-8-10-6-4-9(2)5-7-10/h9-10H,3-8H2,1-2H3,(H2,12,13). The summed E-state index contributed by atoms with van der Waals surface area (Å²) in [6.45, 7) is 5.37. The Morgan fingerprint density at radius 1 is 1.31 bits per heavy atom. The van der Waals surface area contributed by atoms with Crippen LogP contribution < -0.4 is 5.73 Å². The van der Waals surface area contributed by atoms with Crippen molar-refractivity contribution in [2.45, 2.75) is 46.0 Å². The minimum atomic E-state index is 0.807. The van der Waals surface area contributed by atoms with E-state index in [1.54, 1.807) is 0 Å². The van der Waals surface area contributed by atoms with Crippen LogP contribution in [-0.4, -0.2) is 12.4 Å². The van der Waals surface area contributed by atoms with E-state index in [1.165, 1.54) is 25.7 Å². The second-order valence-electron chi connectivity index (χ2n) is 4.31. The second-order valence-corrected chi connectivity index (χ2v) is 4.31. The average molecular weight is 182 g/mol. The van der Waals surface area contributed by atoms with Crippen LogP contribution in [0.1, 0.15) is 46.0 Å². The van der Waals surface area contributed by atoms with Crippen molar-refractivity contribution in [1.82, 2.24) is 0 Å². The van der Waals surface area contributed by atoms with Gasteiger partial charge in [0.05, 0.1) is 5.84 Å². The van der Waals surface area contributed by atoms with Gasteiger partial charge in [-0.3, -0.25) is 4.99 Å². The molecule has 0 aromatic rings. The Kier molecular flexibility index (Phi) is 4.26. The Morgan fingerprint density at radius 3 is 2.46 bits per heavy atom. The summed E-state index contributed by atoms with van der Waals surface area (Å²) in [5.41, 5.74) is 5.67. The highest BCUT2D eigenvalue weighted by molar-refractivity contribution is 5.79. The van der Waals surface area contributed by atoms with Crippen molar-refractivity contribution in [3.05, 3.63) is 0 Å². The van der Waals surface area contributed by atoms with Crippen LogP contribution in [0.5, 0.6) is 0 Å². The van der Waals surface area contributed by atoms with Crippen LogP contribution in [0.2, 0.25) is 0 Å². The van der Waals surface area contributed by atoms with Crippen molar-refractivity contribution in [2.24, 2.45) is 22.6 Å². The minimum absolute atomic E-state index is 0.807. The number of nitrogens with zero attached hydrogens (tertiary/aromatic N) is 1. The van der Waals surface area contributed by atoms with Crippen LogP contribution >= 0.6 is 0 Å². The molecule has 13 heavy (non-hydrogen) atoms. The van der Waals surface area contributed by atoms with Gasteiger partial charge in [-0.25, -0.2) is 0 Å². The first-order valence-corrected chi connectivity index (χ1v) is 5.51. The molecular weight excluding hydrogens is 160 g/mol. The molecule has 0 amide bonds. The van der Waals surface area contributed by atoms with Crippen LogP contribution in [0, 0.1) is 11.8 Å². The van der Waals surface area contributed by atoms with E-state index in [1.807, 2.05) is 0 Å². The number of nitrogens with two attached hydrogens (primary N) is 1. The van der Waals surface area contributed by atoms with Gasteiger partial charge in [0.1, 0.15) is 0 Å². The Labute approximate surface area is 81.6 Å². The minimum Gasteiger partial charge on any atom is -0.387 e. The van der Waals surface area contributed by atoms with E-state index in [4.69, 9.17) is 5.73 Å². The average Bonchev–Trinajstić information content (AvgIpc) is 2.16. The number of hydrogen-bond donors (Lipinski definition) is 1. The summed E-state index contributed by atoms with van der Waals surface area (Å²) < 4.78 is 0. The summed E-state index contributed by atoms with van der Waals surface area (Å²) in [6.07, 6.45) is 6.35. The lowest BCUT2D eigenvalue weighted by atomic mass is 9.83. The molecular formula is C11H22N2. The maximum Gasteiger partial charge on any atom is 0.0934 e. The first-order valence-electron chi connectivity index (χ1n) is 5.51. The fourth-order valence-electron chi connectivity index (χ4n) is 1.87. The predicted molar refractivity (Wildman–Crippen MR) is 57.9 cm³/mol. The van der Waals surface area contributed by atoms with E-state index in [2.05, 4.69) is 18.8 Å². The van der Waals surface area contributed by atoms with Crippen LogP contribution in [0.25, 0.3) is 0 Å². The number of rotatable bonds is 3. The van der Waals surface area contributed by atoms with Gasteiger partial charge >= 0.3 is 0 Å². The molecule has 2 N–H and O–H groups in total. The van der Waals surface area contributed by atoms with Gasteiger partial charge in [0.2, 0.25) is 0 Å². The van der Waals surface area contributed by atoms with E-state index in [9.17, 15) is 0 Å². The normalized spacial score (nSPS) is 30.5. The number of amidine groups is 1. The van der Waals surface area contributed by atoms with E-state index in [0.29, 0.717) is 0 Å². The molecule has 1 aliphatic rings. The van der Waals surface area contributed by atoms with E-state index >= 15 is 0 Å². The molecule has 0 spiro atoms. The largest absolute Gasteiger partial charge is 0.387 e. The molecule has 0 heterocycles. The van der Waals surface area contributed by atoms with Crippen molar-refractivity contribution in [3.63, 3.8) is 0 Å². The molecule has 0 atom stereocenters. The Balaban J connectivity index is 2.23. The molecule has 0 unspecified atom stereocenters. The molecule has 1 aliphatic carbocycles. The molecule has 2 heteroatoms. The molecule has 1 rings (SSSR count). The Morgan fingerprint density at radius 2 is 1.92 bits per heavy atom. The third-order valence-electron chi connectivity index (χ3n) is 3.05. The van der Waals surface area contributed by atoms with Crippen LogP contribution in [-0.2, 0) is 0 Å². The highest BCUT2D eigenvalue weighted by atomic mass is 14.8. The predicted octanol–water partition coefficient (Wildman–Crippen LogP) is 2.58. The highest BCUT2D eigenvalue weighted by Gasteiger charge is 2.17. The Bertz CT molecular complexity index is 167. The van der Waals surface area contributed by atoms with Gasteiger partial charge in [0.15, 0.2) is 0 Å². The first-order chi connectivity index (χ1) is 6.22. The van der Waals surface area contributed by atoms with Crippen LogP contribution in [0.15, 0.2) is 4.99 Å². The van der Waals surface area contributed by atoms with Crippen molar-refractivity contribution in [3.8, 4) is 0 Å². The van der Waals surface area contributed by atoms with Gasteiger partial charge in [-0.15, -0.1) is 0 Å². The van der Waals surface area contributed by atoms with E-state index in [0.717, 1.165) is 30.6 Å². The van der Waals surface area contributed by atoms with Crippen LogP contribution in [0.3, 0.4) is 0 Å². The molecule has 0 saturated heterocycles. The van der Waals surface area contributed by atoms with Crippen LogP contribution in [0.4, 0.5) is 0 Å². The summed E-state index contributed by atoms with van der Waals surface area (Å²) >= 11 is 0. The maximum atomic E-state index is 5.67. The van der Waals surface area contributed by atoms with Crippen molar-refractivity contribution >= 4 is 5.84 Å². The molecule has 0 radical (unpaired) electrons. The maximum absolute atomic E-state index is 5.67. The fraction of sp³-hybridized carbons (Fsp3) is 0.909. The molecule has 1 saturated carbocycles. The molecule has 0 aromatic heterocycles. The van der Waals surface area contributed by atoms with E-state index < -0.39 is 0 Å². The highest BCUT2D eigenvalue weighted by Crippen LogP contribution is 2.28. The van der Waals surface area contributed by atoms with Gasteiger partial charge < -0.3 is 5.73 Å². The number of hydrogen-bond acceptors (Lipinski definition) is 1. The molecule has 76 valence electrons. The van der Waals surface area contributed by atoms with Crippen molar-refractivity contribution < 1.29 is 0 Å². The lowest BCUT2D eigenvalue weighted by Crippen LogP contribution is -2.17. The second kappa shape index (κ2) is 5.25. The zero-order chi connectivity index (χ0) is 9.68. The molecule has 0 aliphatic heterocycles. The fourth-order valence-corrected chi connectivity index (χ4v) is 1.87. The molecule has 0 bridgehead atoms. The zero-order valence-corrected chi connectivity index (χ0v) is 8.92. The van der Waals surface area contributed by atoms with Gasteiger partial charge in [0.25, 0.3) is 0 Å². The summed E-state index contributed by atoms with van der Waals surface area (Å²) in [7, 11) is 0.